The lowest BCUT2D eigenvalue weighted by atomic mass is 10.1. The molecule has 106 valence electrons. The maximum absolute atomic E-state index is 6.03. The smallest absolute Gasteiger partial charge is 0.123 e. The number of ether oxygens (including phenoxy) is 1. The van der Waals surface area contributed by atoms with E-state index in [4.69, 9.17) is 16.3 Å². The fourth-order valence-electron chi connectivity index (χ4n) is 2.66. The van der Waals surface area contributed by atoms with E-state index in [2.05, 4.69) is 17.1 Å². The van der Waals surface area contributed by atoms with Crippen molar-refractivity contribution in [3.8, 4) is 5.75 Å². The first-order chi connectivity index (χ1) is 9.22. The Labute approximate surface area is 120 Å². The highest BCUT2D eigenvalue weighted by Crippen LogP contribution is 2.22. The van der Waals surface area contributed by atoms with Crippen LogP contribution in [0.5, 0.6) is 5.75 Å². The number of halogens is 1. The van der Waals surface area contributed by atoms with Gasteiger partial charge in [-0.2, -0.15) is 0 Å². The molecular formula is C15H23ClN2O. The Morgan fingerprint density at radius 1 is 1.47 bits per heavy atom. The predicted molar refractivity (Wildman–Crippen MR) is 79.9 cm³/mol. The van der Waals surface area contributed by atoms with E-state index >= 15 is 0 Å². The van der Waals surface area contributed by atoms with E-state index < -0.39 is 0 Å². The second-order valence-corrected chi connectivity index (χ2v) is 5.57. The van der Waals surface area contributed by atoms with E-state index in [0.29, 0.717) is 0 Å². The molecule has 1 aromatic carbocycles. The molecule has 1 atom stereocenters. The van der Waals surface area contributed by atoms with Crippen molar-refractivity contribution in [2.45, 2.75) is 19.9 Å². The minimum absolute atomic E-state index is 0.760. The summed E-state index contributed by atoms with van der Waals surface area (Å²) in [5.74, 6) is 1.67. The molecule has 0 aliphatic carbocycles. The number of nitrogens with one attached hydrogen (secondary N) is 1. The molecule has 1 aliphatic heterocycles. The van der Waals surface area contributed by atoms with E-state index in [1.165, 1.54) is 26.1 Å². The molecule has 1 saturated heterocycles. The van der Waals surface area contributed by atoms with Crippen LogP contribution in [0.15, 0.2) is 18.2 Å². The van der Waals surface area contributed by atoms with Crippen LogP contribution in [0.4, 0.5) is 0 Å². The summed E-state index contributed by atoms with van der Waals surface area (Å²) in [5.41, 5.74) is 1.13. The molecule has 0 bridgehead atoms. The lowest BCUT2D eigenvalue weighted by molar-refractivity contribution is 0.338. The van der Waals surface area contributed by atoms with Gasteiger partial charge in [0.25, 0.3) is 0 Å². The average Bonchev–Trinajstić information content (AvgIpc) is 2.87. The number of likely N-dealkylation sites (tertiary alicyclic amines) is 1. The molecule has 0 spiro atoms. The molecule has 1 aliphatic rings. The molecular weight excluding hydrogens is 260 g/mol. The van der Waals surface area contributed by atoms with Gasteiger partial charge in [-0.1, -0.05) is 18.5 Å². The highest BCUT2D eigenvalue weighted by Gasteiger charge is 2.20. The Morgan fingerprint density at radius 3 is 3.00 bits per heavy atom. The third kappa shape index (κ3) is 4.10. The van der Waals surface area contributed by atoms with E-state index in [1.54, 1.807) is 7.11 Å². The number of hydrogen-bond acceptors (Lipinski definition) is 3. The van der Waals surface area contributed by atoms with E-state index in [9.17, 15) is 0 Å². The van der Waals surface area contributed by atoms with Crippen LogP contribution >= 0.6 is 11.6 Å². The molecule has 0 saturated carbocycles. The van der Waals surface area contributed by atoms with Crippen molar-refractivity contribution in [3.05, 3.63) is 28.8 Å². The topological polar surface area (TPSA) is 24.5 Å². The lowest BCUT2D eigenvalue weighted by Gasteiger charge is -2.14. The second kappa shape index (κ2) is 7.13. The summed E-state index contributed by atoms with van der Waals surface area (Å²) in [6, 6.07) is 5.76. The Kier molecular flexibility index (Phi) is 5.49. The first kappa shape index (κ1) is 14.6. The summed E-state index contributed by atoms with van der Waals surface area (Å²) in [6.45, 7) is 7.73. The Bertz CT molecular complexity index is 411. The fourth-order valence-corrected chi connectivity index (χ4v) is 2.86. The van der Waals surface area contributed by atoms with Crippen LogP contribution in [-0.4, -0.2) is 38.2 Å². The zero-order chi connectivity index (χ0) is 13.7. The molecule has 4 heteroatoms. The highest BCUT2D eigenvalue weighted by atomic mass is 35.5. The predicted octanol–water partition coefficient (Wildman–Crippen LogP) is 2.78. The van der Waals surface area contributed by atoms with Gasteiger partial charge < -0.3 is 15.0 Å². The zero-order valence-electron chi connectivity index (χ0n) is 11.8. The summed E-state index contributed by atoms with van der Waals surface area (Å²) in [6.07, 6.45) is 1.30. The summed E-state index contributed by atoms with van der Waals surface area (Å²) in [7, 11) is 1.70. The zero-order valence-corrected chi connectivity index (χ0v) is 12.5. The van der Waals surface area contributed by atoms with Crippen LogP contribution < -0.4 is 10.1 Å². The number of benzene rings is 1. The molecule has 3 nitrogen and oxygen atoms in total. The van der Waals surface area contributed by atoms with Gasteiger partial charge in [-0.25, -0.2) is 0 Å². The molecule has 2 rings (SSSR count). The van der Waals surface area contributed by atoms with E-state index in [-0.39, 0.29) is 0 Å². The highest BCUT2D eigenvalue weighted by molar-refractivity contribution is 6.30. The van der Waals surface area contributed by atoms with Gasteiger partial charge in [-0.15, -0.1) is 0 Å². The van der Waals surface area contributed by atoms with Crippen molar-refractivity contribution in [2.75, 3.05) is 33.3 Å². The van der Waals surface area contributed by atoms with Crippen LogP contribution in [0.25, 0.3) is 0 Å². The average molecular weight is 283 g/mol. The third-order valence-corrected chi connectivity index (χ3v) is 4.04. The van der Waals surface area contributed by atoms with Gasteiger partial charge >= 0.3 is 0 Å². The molecule has 0 aromatic heterocycles. The first-order valence-electron chi connectivity index (χ1n) is 6.98. The SMILES string of the molecule is CCN1CCC(CNCc2cc(Cl)ccc2OC)C1. The normalized spacial score (nSPS) is 19.8. The Hall–Kier alpha value is -0.770. The van der Waals surface area contributed by atoms with Crippen molar-refractivity contribution in [3.63, 3.8) is 0 Å². The molecule has 1 unspecified atom stereocenters. The Balaban J connectivity index is 1.81. The van der Waals surface area contributed by atoms with Crippen LogP contribution in [0.3, 0.4) is 0 Å². The molecule has 1 N–H and O–H groups in total. The van der Waals surface area contributed by atoms with Gasteiger partial charge in [0.15, 0.2) is 0 Å². The summed E-state index contributed by atoms with van der Waals surface area (Å²) in [5, 5.41) is 4.28. The molecule has 0 amide bonds. The minimum atomic E-state index is 0.760. The van der Waals surface area contributed by atoms with Crippen LogP contribution in [0.2, 0.25) is 5.02 Å². The van der Waals surface area contributed by atoms with Gasteiger partial charge in [-0.05, 0) is 50.2 Å². The molecule has 1 aromatic rings. The van der Waals surface area contributed by atoms with Crippen LogP contribution in [0.1, 0.15) is 18.9 Å². The van der Waals surface area contributed by atoms with Gasteiger partial charge in [0, 0.05) is 23.7 Å². The number of hydrogen-bond donors (Lipinski definition) is 1. The van der Waals surface area contributed by atoms with Crippen molar-refractivity contribution in [2.24, 2.45) is 5.92 Å². The molecule has 19 heavy (non-hydrogen) atoms. The minimum Gasteiger partial charge on any atom is -0.496 e. The van der Waals surface area contributed by atoms with Crippen molar-refractivity contribution in [1.29, 1.82) is 0 Å². The largest absolute Gasteiger partial charge is 0.496 e. The molecule has 1 fully saturated rings. The maximum Gasteiger partial charge on any atom is 0.123 e. The van der Waals surface area contributed by atoms with Crippen molar-refractivity contribution >= 4 is 11.6 Å². The third-order valence-electron chi connectivity index (χ3n) is 3.81. The lowest BCUT2D eigenvalue weighted by Crippen LogP contribution is -2.26. The second-order valence-electron chi connectivity index (χ2n) is 5.13. The quantitative estimate of drug-likeness (QED) is 0.868. The summed E-state index contributed by atoms with van der Waals surface area (Å²) < 4.78 is 5.35. The standard InChI is InChI=1S/C15H23ClN2O/c1-3-18-7-6-12(11-18)9-17-10-13-8-14(16)4-5-15(13)19-2/h4-5,8,12,17H,3,6-7,9-11H2,1-2H3. The van der Waals surface area contributed by atoms with Crippen LogP contribution in [-0.2, 0) is 6.54 Å². The summed E-state index contributed by atoms with van der Waals surface area (Å²) in [4.78, 5) is 2.51. The summed E-state index contributed by atoms with van der Waals surface area (Å²) >= 11 is 6.03. The van der Waals surface area contributed by atoms with Gasteiger partial charge in [0.1, 0.15) is 5.75 Å². The molecule has 0 radical (unpaired) electrons. The Morgan fingerprint density at radius 2 is 2.32 bits per heavy atom. The van der Waals surface area contributed by atoms with Gasteiger partial charge in [0.2, 0.25) is 0 Å². The van der Waals surface area contributed by atoms with Crippen LogP contribution in [0, 0.1) is 5.92 Å². The van der Waals surface area contributed by atoms with E-state index in [0.717, 1.165) is 35.3 Å². The fraction of sp³-hybridized carbons (Fsp3) is 0.600. The first-order valence-corrected chi connectivity index (χ1v) is 7.36. The number of methoxy groups -OCH3 is 1. The maximum atomic E-state index is 6.03. The van der Waals surface area contributed by atoms with E-state index in [1.807, 2.05) is 18.2 Å². The van der Waals surface area contributed by atoms with Crippen molar-refractivity contribution in [1.82, 2.24) is 10.2 Å². The number of rotatable bonds is 6. The van der Waals surface area contributed by atoms with Gasteiger partial charge in [0.05, 0.1) is 7.11 Å². The number of nitrogens with zero attached hydrogens (tertiary/aromatic N) is 1. The van der Waals surface area contributed by atoms with Gasteiger partial charge in [-0.3, -0.25) is 0 Å². The van der Waals surface area contributed by atoms with Crippen molar-refractivity contribution < 1.29 is 4.74 Å². The monoisotopic (exact) mass is 282 g/mol. The molecule has 1 heterocycles.